The molecule has 0 aliphatic rings. The van der Waals surface area contributed by atoms with Crippen LogP contribution in [0, 0.1) is 0 Å². The number of sulfonamides is 1. The van der Waals surface area contributed by atoms with Gasteiger partial charge in [-0.2, -0.15) is 0 Å². The smallest absolute Gasteiger partial charge is 0.337 e. The monoisotopic (exact) mass is 619 g/mol. The highest BCUT2D eigenvalue weighted by Crippen LogP contribution is 2.20. The molecule has 15 nitrogen and oxygen atoms in total. The molecule has 0 fully saturated rings. The van der Waals surface area contributed by atoms with Crippen LogP contribution >= 0.6 is 0 Å². The highest BCUT2D eigenvalue weighted by atomic mass is 32.2. The summed E-state index contributed by atoms with van der Waals surface area (Å²) in [7, 11) is -2.74. The fourth-order valence-corrected chi connectivity index (χ4v) is 5.57. The molecule has 0 saturated carbocycles. The minimum absolute atomic E-state index is 0.105. The summed E-state index contributed by atoms with van der Waals surface area (Å²) >= 11 is 0. The Morgan fingerprint density at radius 1 is 0.955 bits per heavy atom. The number of benzene rings is 3. The van der Waals surface area contributed by atoms with Crippen LogP contribution in [0.1, 0.15) is 38.8 Å². The van der Waals surface area contributed by atoms with Crippen molar-refractivity contribution in [3.63, 3.8) is 0 Å². The van der Waals surface area contributed by atoms with Gasteiger partial charge in [0.15, 0.2) is 0 Å². The van der Waals surface area contributed by atoms with Crippen molar-refractivity contribution < 1.29 is 37.8 Å². The van der Waals surface area contributed by atoms with Crippen LogP contribution < -0.4 is 15.6 Å². The lowest BCUT2D eigenvalue weighted by atomic mass is 10.1. The summed E-state index contributed by atoms with van der Waals surface area (Å²) in [4.78, 5) is 62.1. The molecule has 2 aromatic heterocycles. The number of aliphatic carboxylic acids is 1. The normalized spacial score (nSPS) is 12.2. The van der Waals surface area contributed by atoms with Crippen molar-refractivity contribution >= 4 is 55.8 Å². The summed E-state index contributed by atoms with van der Waals surface area (Å²) in [6.07, 6.45) is -0.441. The second kappa shape index (κ2) is 11.9. The zero-order valence-electron chi connectivity index (χ0n) is 22.9. The number of hydrogen-bond acceptors (Lipinski definition) is 8. The highest BCUT2D eigenvalue weighted by Gasteiger charge is 2.27. The van der Waals surface area contributed by atoms with Gasteiger partial charge in [-0.1, -0.05) is 24.3 Å². The van der Waals surface area contributed by atoms with E-state index < -0.39 is 56.7 Å². The average Bonchev–Trinajstić information content (AvgIpc) is 3.55. The molecular weight excluding hydrogens is 594 g/mol. The predicted octanol–water partition coefficient (Wildman–Crippen LogP) is 1.32. The number of hydrogen-bond donors (Lipinski definition) is 6. The molecule has 44 heavy (non-hydrogen) atoms. The van der Waals surface area contributed by atoms with Crippen LogP contribution in [-0.4, -0.2) is 67.9 Å². The molecule has 0 bridgehead atoms. The van der Waals surface area contributed by atoms with Gasteiger partial charge in [0, 0.05) is 12.6 Å². The van der Waals surface area contributed by atoms with E-state index in [0.29, 0.717) is 29.1 Å². The number of nitrogens with zero attached hydrogens (tertiary/aromatic N) is 3. The number of fused-ring (bicyclic) bond motifs is 2. The van der Waals surface area contributed by atoms with Crippen LogP contribution in [0.2, 0.25) is 0 Å². The maximum Gasteiger partial charge on any atom is 0.337 e. The van der Waals surface area contributed by atoms with Gasteiger partial charge in [-0.3, -0.25) is 15.0 Å². The SMILES string of the molecule is Cn1c(Cc2nc3ccccc3[nH]2)nc2ccc(C(=O)N[C@@H](CC(=O)NNS(=O)(=O)c3ccccc3C(=O)O)C(=O)O)cc21. The van der Waals surface area contributed by atoms with E-state index in [4.69, 9.17) is 0 Å². The lowest BCUT2D eigenvalue weighted by molar-refractivity contribution is -0.141. The Kier molecular flexibility index (Phi) is 8.11. The molecule has 16 heteroatoms. The van der Waals surface area contributed by atoms with Gasteiger partial charge in [0.1, 0.15) is 17.7 Å². The third-order valence-electron chi connectivity index (χ3n) is 6.72. The molecule has 2 amide bonds. The molecule has 0 unspecified atom stereocenters. The number of aromatic carboxylic acids is 1. The van der Waals surface area contributed by atoms with Gasteiger partial charge in [0.25, 0.3) is 15.9 Å². The van der Waals surface area contributed by atoms with Crippen LogP contribution in [0.5, 0.6) is 0 Å². The number of carboxylic acid groups (broad SMARTS) is 2. The Hall–Kier alpha value is -5.61. The fourth-order valence-electron chi connectivity index (χ4n) is 4.51. The quantitative estimate of drug-likeness (QED) is 0.116. The van der Waals surface area contributed by atoms with Crippen LogP contribution in [0.25, 0.3) is 22.1 Å². The van der Waals surface area contributed by atoms with Gasteiger partial charge < -0.3 is 25.1 Å². The van der Waals surface area contributed by atoms with Crippen molar-refractivity contribution in [1.29, 1.82) is 0 Å². The number of amides is 2. The number of carbonyl (C=O) groups excluding carboxylic acids is 2. The van der Waals surface area contributed by atoms with Crippen molar-refractivity contribution in [3.05, 3.63) is 89.5 Å². The van der Waals surface area contributed by atoms with Crippen LogP contribution in [-0.2, 0) is 33.1 Å². The van der Waals surface area contributed by atoms with E-state index in [1.54, 1.807) is 22.5 Å². The molecule has 0 saturated heterocycles. The van der Waals surface area contributed by atoms with E-state index in [1.807, 2.05) is 29.7 Å². The van der Waals surface area contributed by atoms with E-state index in [0.717, 1.165) is 23.2 Å². The molecule has 0 spiro atoms. The zero-order chi connectivity index (χ0) is 31.6. The third kappa shape index (κ3) is 6.25. The Balaban J connectivity index is 1.25. The van der Waals surface area contributed by atoms with Gasteiger partial charge in [-0.25, -0.2) is 28.0 Å². The number of aryl methyl sites for hydroxylation is 1. The van der Waals surface area contributed by atoms with Crippen molar-refractivity contribution in [2.75, 3.05) is 0 Å². The minimum atomic E-state index is -4.51. The number of nitrogens with one attached hydrogen (secondary N) is 4. The minimum Gasteiger partial charge on any atom is -0.480 e. The molecule has 1 atom stereocenters. The number of aromatic amines is 1. The highest BCUT2D eigenvalue weighted by molar-refractivity contribution is 7.89. The molecule has 6 N–H and O–H groups in total. The first-order valence-electron chi connectivity index (χ1n) is 13.0. The topological polar surface area (TPSA) is 225 Å². The first-order chi connectivity index (χ1) is 20.9. The van der Waals surface area contributed by atoms with E-state index in [2.05, 4.69) is 20.3 Å². The largest absolute Gasteiger partial charge is 0.480 e. The number of para-hydroxylation sites is 2. The number of H-pyrrole nitrogens is 1. The van der Waals surface area contributed by atoms with Gasteiger partial charge >= 0.3 is 11.9 Å². The molecular formula is C28H25N7O8S. The van der Waals surface area contributed by atoms with Crippen molar-refractivity contribution in [3.8, 4) is 0 Å². The first-order valence-corrected chi connectivity index (χ1v) is 14.5. The second-order valence-corrected chi connectivity index (χ2v) is 11.3. The van der Waals surface area contributed by atoms with E-state index >= 15 is 0 Å². The van der Waals surface area contributed by atoms with Crippen LogP contribution in [0.3, 0.4) is 0 Å². The maximum absolute atomic E-state index is 13.0. The van der Waals surface area contributed by atoms with Crippen molar-refractivity contribution in [1.82, 2.24) is 35.1 Å². The second-order valence-electron chi connectivity index (χ2n) is 9.69. The summed E-state index contributed by atoms with van der Waals surface area (Å²) < 4.78 is 26.9. The van der Waals surface area contributed by atoms with Gasteiger partial charge in [-0.05, 0) is 42.5 Å². The third-order valence-corrected chi connectivity index (χ3v) is 8.03. The van der Waals surface area contributed by atoms with Crippen LogP contribution in [0.15, 0.2) is 71.6 Å². The Morgan fingerprint density at radius 3 is 2.41 bits per heavy atom. The number of carboxylic acids is 2. The summed E-state index contributed by atoms with van der Waals surface area (Å²) in [5, 5.41) is 21.1. The molecule has 0 radical (unpaired) electrons. The number of rotatable bonds is 11. The summed E-state index contributed by atoms with van der Waals surface area (Å²) in [6.45, 7) is 0. The maximum atomic E-state index is 13.0. The Morgan fingerprint density at radius 2 is 1.68 bits per heavy atom. The van der Waals surface area contributed by atoms with Gasteiger partial charge in [0.2, 0.25) is 5.91 Å². The lowest BCUT2D eigenvalue weighted by Gasteiger charge is -2.15. The zero-order valence-corrected chi connectivity index (χ0v) is 23.8. The summed E-state index contributed by atoms with van der Waals surface area (Å²) in [5.74, 6) is -3.54. The first kappa shape index (κ1) is 29.9. The number of imidazole rings is 2. The number of hydrazine groups is 1. The Labute approximate surface area is 249 Å². The van der Waals surface area contributed by atoms with E-state index in [-0.39, 0.29) is 5.56 Å². The average molecular weight is 620 g/mol. The summed E-state index contributed by atoms with van der Waals surface area (Å²) in [6, 6.07) is 15.2. The van der Waals surface area contributed by atoms with Crippen molar-refractivity contribution in [2.24, 2.45) is 7.05 Å². The molecule has 5 aromatic rings. The number of carbonyl (C=O) groups is 4. The molecule has 226 valence electrons. The molecule has 3 aromatic carbocycles. The molecule has 2 heterocycles. The Bertz CT molecular complexity index is 2020. The fraction of sp³-hybridized carbons (Fsp3) is 0.143. The lowest BCUT2D eigenvalue weighted by Crippen LogP contribution is -2.48. The van der Waals surface area contributed by atoms with Crippen LogP contribution in [0.4, 0.5) is 0 Å². The predicted molar refractivity (Wildman–Crippen MR) is 155 cm³/mol. The number of aromatic nitrogens is 4. The molecule has 5 rings (SSSR count). The van der Waals surface area contributed by atoms with Crippen molar-refractivity contribution in [2.45, 2.75) is 23.8 Å². The van der Waals surface area contributed by atoms with E-state index in [9.17, 15) is 37.8 Å². The van der Waals surface area contributed by atoms with Gasteiger partial charge in [0.05, 0.1) is 45.4 Å². The molecule has 0 aliphatic heterocycles. The molecule has 0 aliphatic carbocycles. The van der Waals surface area contributed by atoms with Gasteiger partial charge in [-0.15, -0.1) is 4.83 Å². The standard InChI is InChI=1S/C28H25N7O8S/c1-35-21-12-15(10-11-19(21)31-24(35)14-23-29-17-7-3-4-8-18(17)30-23)26(37)32-20(28(40)41)13-25(36)33-34-44(42,43)22-9-5-2-6-16(22)27(38)39/h2-12,20,34H,13-14H2,1H3,(H,29,30)(H,32,37)(H,33,36)(H,38,39)(H,40,41)/t20-/m0/s1. The van der Waals surface area contributed by atoms with E-state index in [1.165, 1.54) is 24.3 Å². The summed E-state index contributed by atoms with van der Waals surface area (Å²) in [5.41, 5.74) is 4.33.